The predicted octanol–water partition coefficient (Wildman–Crippen LogP) is 3.80. The maximum atomic E-state index is 13.9. The molecule has 0 radical (unpaired) electrons. The highest BCUT2D eigenvalue weighted by atomic mass is 32.1. The molecular weight excluding hydrogens is 409 g/mol. The highest BCUT2D eigenvalue weighted by Crippen LogP contribution is 2.49. The van der Waals surface area contributed by atoms with Gasteiger partial charge in [0.05, 0.1) is 6.61 Å². The third-order valence-electron chi connectivity index (χ3n) is 5.21. The fourth-order valence-electron chi connectivity index (χ4n) is 3.99. The topological polar surface area (TPSA) is 44.8 Å². The number of thiocarbonyl (C=S) groups is 1. The number of rotatable bonds is 4. The Morgan fingerprint density at radius 2 is 2.14 bits per heavy atom. The lowest BCUT2D eigenvalue weighted by atomic mass is 9.87. The van der Waals surface area contributed by atoms with Crippen molar-refractivity contribution in [3.8, 4) is 0 Å². The summed E-state index contributed by atoms with van der Waals surface area (Å²) in [4.78, 5) is 21.6. The summed E-state index contributed by atoms with van der Waals surface area (Å²) in [5.74, 6) is -0.191. The predicted molar refractivity (Wildman–Crippen MR) is 117 cm³/mol. The van der Waals surface area contributed by atoms with Gasteiger partial charge in [0, 0.05) is 36.0 Å². The van der Waals surface area contributed by atoms with Gasteiger partial charge in [-0.2, -0.15) is 4.39 Å². The first kappa shape index (κ1) is 21.6. The number of hydrogen-bond donors (Lipinski definition) is 1. The van der Waals surface area contributed by atoms with Crippen molar-refractivity contribution in [1.82, 2.24) is 15.3 Å². The Labute approximate surface area is 179 Å². The quantitative estimate of drug-likeness (QED) is 0.587. The number of carbonyl (C=O) groups is 1. The highest BCUT2D eigenvalue weighted by Gasteiger charge is 2.58. The van der Waals surface area contributed by atoms with Gasteiger partial charge in [-0.1, -0.05) is 31.7 Å². The Morgan fingerprint density at radius 1 is 1.38 bits per heavy atom. The molecule has 1 aromatic carbocycles. The average Bonchev–Trinajstić information content (AvgIpc) is 3.36. The highest BCUT2D eigenvalue weighted by molar-refractivity contribution is 7.80. The maximum absolute atomic E-state index is 13.9. The van der Waals surface area contributed by atoms with Crippen molar-refractivity contribution in [2.45, 2.75) is 13.0 Å². The van der Waals surface area contributed by atoms with Gasteiger partial charge in [-0.05, 0) is 36.5 Å². The first-order valence-electron chi connectivity index (χ1n) is 8.97. The van der Waals surface area contributed by atoms with Crippen molar-refractivity contribution in [3.05, 3.63) is 70.7 Å². The van der Waals surface area contributed by atoms with Crippen molar-refractivity contribution in [3.63, 3.8) is 0 Å². The molecule has 154 valence electrons. The fourth-order valence-corrected chi connectivity index (χ4v) is 5.28. The van der Waals surface area contributed by atoms with E-state index in [0.717, 1.165) is 29.3 Å². The summed E-state index contributed by atoms with van der Waals surface area (Å²) in [6, 6.07) is 12.1. The number of nitrogens with one attached hydrogen (secondary N) is 1. The molecule has 2 saturated heterocycles. The zero-order valence-corrected chi connectivity index (χ0v) is 16.8. The molecule has 2 unspecified atom stereocenters. The number of hydroxylamine groups is 2. The normalized spacial score (nSPS) is 23.3. The number of likely N-dealkylation sites (tertiary alicyclic amines) is 1. The van der Waals surface area contributed by atoms with E-state index in [0.29, 0.717) is 18.7 Å². The lowest BCUT2D eigenvalue weighted by Crippen LogP contribution is -2.53. The van der Waals surface area contributed by atoms with E-state index < -0.39 is 5.54 Å². The van der Waals surface area contributed by atoms with Gasteiger partial charge in [0.15, 0.2) is 5.13 Å². The van der Waals surface area contributed by atoms with Gasteiger partial charge < -0.3 is 0 Å². The van der Waals surface area contributed by atoms with Crippen LogP contribution in [0.4, 0.5) is 4.39 Å². The number of amides is 1. The molecule has 5 nitrogen and oxygen atoms in total. The van der Waals surface area contributed by atoms with Gasteiger partial charge in [0.1, 0.15) is 5.54 Å². The van der Waals surface area contributed by atoms with E-state index in [-0.39, 0.29) is 29.5 Å². The van der Waals surface area contributed by atoms with Gasteiger partial charge in [-0.25, -0.2) is 5.06 Å². The van der Waals surface area contributed by atoms with Crippen LogP contribution in [-0.4, -0.2) is 47.2 Å². The average molecular weight is 434 g/mol. The van der Waals surface area contributed by atoms with Crippen LogP contribution in [-0.2, 0) is 10.4 Å². The Balaban J connectivity index is 0.00000240. The zero-order chi connectivity index (χ0) is 19.7. The molecule has 1 amide bonds. The second-order valence-electron chi connectivity index (χ2n) is 6.92. The number of halogens is 1. The van der Waals surface area contributed by atoms with Crippen LogP contribution in [0.25, 0.3) is 0 Å². The SMILES string of the molecule is C.C=CCN1CC2CON(C(=S)NC(=O)c3ccccc3)C2(c2ccc(F)s2)C1. The van der Waals surface area contributed by atoms with Crippen molar-refractivity contribution in [1.29, 1.82) is 0 Å². The number of benzene rings is 1. The lowest BCUT2D eigenvalue weighted by Gasteiger charge is -2.36. The van der Waals surface area contributed by atoms with Crippen LogP contribution in [0.5, 0.6) is 0 Å². The van der Waals surface area contributed by atoms with Gasteiger partial charge >= 0.3 is 0 Å². The van der Waals surface area contributed by atoms with Gasteiger partial charge in [-0.15, -0.1) is 17.9 Å². The van der Waals surface area contributed by atoms with Crippen LogP contribution >= 0.6 is 23.6 Å². The minimum Gasteiger partial charge on any atom is -0.297 e. The molecule has 0 saturated carbocycles. The lowest BCUT2D eigenvalue weighted by molar-refractivity contribution is -0.104. The molecular formula is C21H24FN3O2S2. The third kappa shape index (κ3) is 3.85. The Bertz CT molecular complexity index is 904. The van der Waals surface area contributed by atoms with Crippen LogP contribution < -0.4 is 5.32 Å². The van der Waals surface area contributed by atoms with Gasteiger partial charge in [0.2, 0.25) is 5.11 Å². The molecule has 4 rings (SSSR count). The van der Waals surface area contributed by atoms with E-state index in [2.05, 4.69) is 16.8 Å². The fraction of sp³-hybridized carbons (Fsp3) is 0.333. The smallest absolute Gasteiger partial charge is 0.257 e. The van der Waals surface area contributed by atoms with Crippen LogP contribution in [0.1, 0.15) is 22.7 Å². The minimum atomic E-state index is -0.626. The summed E-state index contributed by atoms with van der Waals surface area (Å²) in [6.07, 6.45) is 1.85. The molecule has 2 aromatic rings. The summed E-state index contributed by atoms with van der Waals surface area (Å²) in [5, 5.41) is 4.30. The van der Waals surface area contributed by atoms with E-state index in [1.807, 2.05) is 12.1 Å². The molecule has 2 aliphatic rings. The van der Waals surface area contributed by atoms with E-state index in [4.69, 9.17) is 17.1 Å². The van der Waals surface area contributed by atoms with E-state index in [1.54, 1.807) is 35.4 Å². The molecule has 29 heavy (non-hydrogen) atoms. The van der Waals surface area contributed by atoms with Crippen molar-refractivity contribution in [2.24, 2.45) is 5.92 Å². The monoisotopic (exact) mass is 433 g/mol. The zero-order valence-electron chi connectivity index (χ0n) is 15.1. The second kappa shape index (κ2) is 8.71. The van der Waals surface area contributed by atoms with E-state index in [9.17, 15) is 9.18 Å². The number of thiophene rings is 1. The molecule has 2 fully saturated rings. The molecule has 1 N–H and O–H groups in total. The molecule has 0 spiro atoms. The minimum absolute atomic E-state index is 0. The second-order valence-corrected chi connectivity index (χ2v) is 8.34. The molecule has 1 aromatic heterocycles. The van der Waals surface area contributed by atoms with Gasteiger partial charge in [-0.3, -0.25) is 19.8 Å². The van der Waals surface area contributed by atoms with Gasteiger partial charge in [0.25, 0.3) is 5.91 Å². The number of hydrogen-bond acceptors (Lipinski definition) is 5. The molecule has 0 bridgehead atoms. The summed E-state index contributed by atoms with van der Waals surface area (Å²) >= 11 is 6.63. The molecule has 0 aliphatic carbocycles. The molecule has 3 heterocycles. The summed E-state index contributed by atoms with van der Waals surface area (Å²) in [5.41, 5.74) is -0.115. The summed E-state index contributed by atoms with van der Waals surface area (Å²) in [7, 11) is 0. The number of fused-ring (bicyclic) bond motifs is 1. The first-order valence-corrected chi connectivity index (χ1v) is 10.2. The van der Waals surface area contributed by atoms with Crippen LogP contribution in [0, 0.1) is 11.0 Å². The number of nitrogens with zero attached hydrogens (tertiary/aromatic N) is 2. The summed E-state index contributed by atoms with van der Waals surface area (Å²) in [6.45, 7) is 6.40. The Hall–Kier alpha value is -2.13. The first-order chi connectivity index (χ1) is 13.5. The van der Waals surface area contributed by atoms with Crippen LogP contribution in [0.15, 0.2) is 55.1 Å². The van der Waals surface area contributed by atoms with Crippen LogP contribution in [0.2, 0.25) is 0 Å². The largest absolute Gasteiger partial charge is 0.297 e. The molecule has 2 atom stereocenters. The Kier molecular flexibility index (Phi) is 6.48. The molecule has 8 heteroatoms. The van der Waals surface area contributed by atoms with Crippen LogP contribution in [0.3, 0.4) is 0 Å². The maximum Gasteiger partial charge on any atom is 0.257 e. The van der Waals surface area contributed by atoms with Crippen molar-refractivity contribution in [2.75, 3.05) is 26.2 Å². The van der Waals surface area contributed by atoms with E-state index >= 15 is 0 Å². The number of carbonyl (C=O) groups excluding carboxylic acids is 1. The summed E-state index contributed by atoms with van der Waals surface area (Å²) < 4.78 is 13.9. The van der Waals surface area contributed by atoms with Crippen molar-refractivity contribution >= 4 is 34.6 Å². The Morgan fingerprint density at radius 3 is 2.79 bits per heavy atom. The molecule has 2 aliphatic heterocycles. The van der Waals surface area contributed by atoms with E-state index in [1.165, 1.54) is 6.07 Å². The van der Waals surface area contributed by atoms with Crippen molar-refractivity contribution < 1.29 is 14.0 Å². The third-order valence-corrected chi connectivity index (χ3v) is 6.52. The standard InChI is InChI=1S/C20H20FN3O2S2.CH4/c1-2-10-23-11-15-12-26-24(20(15,13-23)16-8-9-17(21)28-16)19(27)22-18(25)14-6-4-3-5-7-14;/h2-9,15H,1,10-13H2,(H,22,25,27);1H4.